The molecule has 2 heterocycles. The highest BCUT2D eigenvalue weighted by Crippen LogP contribution is 2.21. The Bertz CT molecular complexity index is 902. The molecule has 0 aliphatic carbocycles. The lowest BCUT2D eigenvalue weighted by Crippen LogP contribution is -2.39. The number of rotatable bonds is 4. The van der Waals surface area contributed by atoms with E-state index in [1.54, 1.807) is 4.90 Å². The summed E-state index contributed by atoms with van der Waals surface area (Å²) in [5.74, 6) is -0.0999. The van der Waals surface area contributed by atoms with Gasteiger partial charge in [0.1, 0.15) is 0 Å². The first kappa shape index (κ1) is 18.1. The van der Waals surface area contributed by atoms with Crippen LogP contribution in [0.3, 0.4) is 0 Å². The van der Waals surface area contributed by atoms with Crippen molar-refractivity contribution in [2.75, 3.05) is 29.6 Å². The molecule has 9 heteroatoms. The van der Waals surface area contributed by atoms with E-state index in [0.717, 1.165) is 6.26 Å². The second-order valence-electron chi connectivity index (χ2n) is 6.14. The summed E-state index contributed by atoms with van der Waals surface area (Å²) in [6.07, 6.45) is 3.33. The van der Waals surface area contributed by atoms with E-state index in [0.29, 0.717) is 25.2 Å². The molecule has 26 heavy (non-hydrogen) atoms. The minimum absolute atomic E-state index is 0.133. The Balaban J connectivity index is 1.55. The molecular formula is C17H19FN4O3S. The van der Waals surface area contributed by atoms with Gasteiger partial charge < -0.3 is 15.5 Å². The van der Waals surface area contributed by atoms with E-state index < -0.39 is 15.9 Å². The Morgan fingerprint density at radius 2 is 2.00 bits per heavy atom. The minimum atomic E-state index is -3.27. The summed E-state index contributed by atoms with van der Waals surface area (Å²) >= 11 is 0. The van der Waals surface area contributed by atoms with Gasteiger partial charge >= 0.3 is 6.03 Å². The number of hydrogen-bond acceptors (Lipinski definition) is 5. The lowest BCUT2D eigenvalue weighted by atomic mass is 10.3. The fourth-order valence-electron chi connectivity index (χ4n) is 2.82. The molecule has 1 saturated heterocycles. The number of benzene rings is 1. The maximum Gasteiger partial charge on any atom is 0.319 e. The Kier molecular flexibility index (Phi) is 5.08. The number of sulfone groups is 1. The third kappa shape index (κ3) is 4.29. The molecule has 1 fully saturated rings. The number of aromatic nitrogens is 1. The summed E-state index contributed by atoms with van der Waals surface area (Å²) in [7, 11) is -3.27. The summed E-state index contributed by atoms with van der Waals surface area (Å²) in [5, 5.41) is 5.49. The Morgan fingerprint density at radius 1 is 1.27 bits per heavy atom. The number of hydrogen-bond donors (Lipinski definition) is 2. The number of anilines is 2. The Morgan fingerprint density at radius 3 is 2.65 bits per heavy atom. The molecule has 7 nitrogen and oxygen atoms in total. The van der Waals surface area contributed by atoms with E-state index in [9.17, 15) is 17.6 Å². The number of carbonyl (C=O) groups excluding carboxylic acids is 1. The second-order valence-corrected chi connectivity index (χ2v) is 8.15. The quantitative estimate of drug-likeness (QED) is 0.849. The smallest absolute Gasteiger partial charge is 0.319 e. The summed E-state index contributed by atoms with van der Waals surface area (Å²) in [6, 6.07) is 8.29. The lowest BCUT2D eigenvalue weighted by molar-refractivity contribution is 0.249. The number of nitrogens with zero attached hydrogens (tertiary/aromatic N) is 2. The summed E-state index contributed by atoms with van der Waals surface area (Å²) in [6.45, 7) is 1.07. The molecule has 1 aliphatic heterocycles. The molecule has 1 aromatic heterocycles. The van der Waals surface area contributed by atoms with Crippen molar-refractivity contribution in [2.45, 2.75) is 17.4 Å². The molecule has 0 radical (unpaired) electrons. The lowest BCUT2D eigenvalue weighted by Gasteiger charge is -2.18. The molecule has 138 valence electrons. The van der Waals surface area contributed by atoms with Gasteiger partial charge in [-0.25, -0.2) is 22.6 Å². The number of halogens is 1. The van der Waals surface area contributed by atoms with Crippen LogP contribution in [0.1, 0.15) is 6.42 Å². The van der Waals surface area contributed by atoms with Crippen molar-refractivity contribution in [1.82, 2.24) is 10.3 Å². The van der Waals surface area contributed by atoms with Crippen LogP contribution in [0.2, 0.25) is 0 Å². The van der Waals surface area contributed by atoms with Crippen LogP contribution in [0.5, 0.6) is 0 Å². The normalized spacial score (nSPS) is 17.2. The van der Waals surface area contributed by atoms with E-state index in [4.69, 9.17) is 0 Å². The van der Waals surface area contributed by atoms with Gasteiger partial charge in [-0.2, -0.15) is 0 Å². The fourth-order valence-corrected chi connectivity index (χ4v) is 3.45. The van der Waals surface area contributed by atoms with Crippen molar-refractivity contribution >= 4 is 27.4 Å². The van der Waals surface area contributed by atoms with E-state index in [-0.39, 0.29) is 22.6 Å². The first-order chi connectivity index (χ1) is 12.3. The van der Waals surface area contributed by atoms with Crippen LogP contribution in [-0.2, 0) is 9.84 Å². The zero-order chi connectivity index (χ0) is 18.7. The maximum atomic E-state index is 13.8. The molecule has 1 aromatic carbocycles. The molecule has 0 saturated carbocycles. The number of nitrogens with one attached hydrogen (secondary N) is 2. The largest absolute Gasteiger partial charge is 0.352 e. The van der Waals surface area contributed by atoms with Crippen LogP contribution in [0.25, 0.3) is 0 Å². The van der Waals surface area contributed by atoms with Gasteiger partial charge in [0.15, 0.2) is 21.5 Å². The molecular weight excluding hydrogens is 359 g/mol. The fraction of sp³-hybridized carbons (Fsp3) is 0.294. The van der Waals surface area contributed by atoms with Crippen molar-refractivity contribution in [1.29, 1.82) is 0 Å². The van der Waals surface area contributed by atoms with Gasteiger partial charge in [-0.1, -0.05) is 0 Å². The summed E-state index contributed by atoms with van der Waals surface area (Å²) < 4.78 is 36.7. The number of carbonyl (C=O) groups is 1. The van der Waals surface area contributed by atoms with E-state index in [2.05, 4.69) is 15.6 Å². The van der Waals surface area contributed by atoms with Crippen LogP contribution in [-0.4, -0.2) is 44.8 Å². The predicted molar refractivity (Wildman–Crippen MR) is 96.5 cm³/mol. The van der Waals surface area contributed by atoms with Crippen molar-refractivity contribution in [3.05, 3.63) is 48.4 Å². The maximum absolute atomic E-state index is 13.8. The van der Waals surface area contributed by atoms with Crippen LogP contribution >= 0.6 is 0 Å². The minimum Gasteiger partial charge on any atom is -0.352 e. The van der Waals surface area contributed by atoms with Gasteiger partial charge in [-0.05, 0) is 42.8 Å². The van der Waals surface area contributed by atoms with Crippen LogP contribution < -0.4 is 15.5 Å². The molecule has 3 rings (SSSR count). The highest BCUT2D eigenvalue weighted by molar-refractivity contribution is 7.90. The molecule has 2 amide bonds. The molecule has 2 N–H and O–H groups in total. The Labute approximate surface area is 151 Å². The van der Waals surface area contributed by atoms with E-state index in [1.807, 2.05) is 0 Å². The third-order valence-electron chi connectivity index (χ3n) is 4.10. The molecule has 2 aromatic rings. The molecule has 0 unspecified atom stereocenters. The first-order valence-electron chi connectivity index (χ1n) is 8.06. The third-order valence-corrected chi connectivity index (χ3v) is 5.23. The van der Waals surface area contributed by atoms with E-state index in [1.165, 1.54) is 42.6 Å². The second kappa shape index (κ2) is 7.28. The molecule has 0 bridgehead atoms. The molecule has 1 atom stereocenters. The average Bonchev–Trinajstić information content (AvgIpc) is 3.03. The summed E-state index contributed by atoms with van der Waals surface area (Å²) in [5.41, 5.74) is 0.487. The van der Waals surface area contributed by atoms with Gasteiger partial charge in [0.25, 0.3) is 0 Å². The van der Waals surface area contributed by atoms with Crippen LogP contribution in [0, 0.1) is 5.82 Å². The topological polar surface area (TPSA) is 91.4 Å². The first-order valence-corrected chi connectivity index (χ1v) is 9.95. The number of urea groups is 1. The highest BCUT2D eigenvalue weighted by Gasteiger charge is 2.26. The monoisotopic (exact) mass is 378 g/mol. The van der Waals surface area contributed by atoms with Crippen molar-refractivity contribution < 1.29 is 17.6 Å². The van der Waals surface area contributed by atoms with Gasteiger partial charge in [-0.3, -0.25) is 0 Å². The van der Waals surface area contributed by atoms with Gasteiger partial charge in [0, 0.05) is 37.3 Å². The van der Waals surface area contributed by atoms with Crippen LogP contribution in [0.15, 0.2) is 47.5 Å². The van der Waals surface area contributed by atoms with Gasteiger partial charge in [-0.15, -0.1) is 0 Å². The van der Waals surface area contributed by atoms with Gasteiger partial charge in [0.2, 0.25) is 0 Å². The number of pyridine rings is 1. The highest BCUT2D eigenvalue weighted by atomic mass is 32.2. The standard InChI is InChI=1S/C17H19FN4O3S/c1-26(24,25)14-6-4-12(5-7-14)20-17(23)21-13-8-10-22(11-13)16-15(18)3-2-9-19-16/h2-7,9,13H,8,10-11H2,1H3,(H2,20,21,23)/t13-/m0/s1. The zero-order valence-corrected chi connectivity index (χ0v) is 15.0. The average molecular weight is 378 g/mol. The van der Waals surface area contributed by atoms with Crippen LogP contribution in [0.4, 0.5) is 20.7 Å². The van der Waals surface area contributed by atoms with Crippen molar-refractivity contribution in [3.8, 4) is 0 Å². The Hall–Kier alpha value is -2.68. The molecule has 1 aliphatic rings. The predicted octanol–water partition coefficient (Wildman–Crippen LogP) is 2.02. The van der Waals surface area contributed by atoms with Crippen molar-refractivity contribution in [2.24, 2.45) is 0 Å². The van der Waals surface area contributed by atoms with Crippen molar-refractivity contribution in [3.63, 3.8) is 0 Å². The number of amides is 2. The van der Waals surface area contributed by atoms with Gasteiger partial charge in [0.05, 0.1) is 4.90 Å². The SMILES string of the molecule is CS(=O)(=O)c1ccc(NC(=O)N[C@H]2CCN(c3ncccc3F)C2)cc1. The summed E-state index contributed by atoms with van der Waals surface area (Å²) in [4.78, 5) is 18.1. The zero-order valence-electron chi connectivity index (χ0n) is 14.1. The van der Waals surface area contributed by atoms with E-state index >= 15 is 0 Å². The molecule has 0 spiro atoms.